The van der Waals surface area contributed by atoms with E-state index < -0.39 is 0 Å². The van der Waals surface area contributed by atoms with Gasteiger partial charge >= 0.3 is 0 Å². The van der Waals surface area contributed by atoms with Crippen LogP contribution >= 0.6 is 35.4 Å². The third-order valence-electron chi connectivity index (χ3n) is 6.76. The fourth-order valence-corrected chi connectivity index (χ4v) is 5.44. The molecule has 1 aliphatic rings. The third kappa shape index (κ3) is 7.15. The van der Waals surface area contributed by atoms with E-state index in [4.69, 9.17) is 40.4 Å². The number of likely N-dealkylation sites (N-methyl/N-ethyl adjacent to an activating group) is 1. The molecule has 0 bridgehead atoms. The van der Waals surface area contributed by atoms with Crippen LogP contribution in [-0.4, -0.2) is 71.2 Å². The van der Waals surface area contributed by atoms with Gasteiger partial charge in [0, 0.05) is 71.2 Å². The van der Waals surface area contributed by atoms with Crippen LogP contribution in [-0.2, 0) is 0 Å². The summed E-state index contributed by atoms with van der Waals surface area (Å²) < 4.78 is 0. The van der Waals surface area contributed by atoms with Crippen molar-refractivity contribution in [2.24, 2.45) is 0 Å². The van der Waals surface area contributed by atoms with Crippen molar-refractivity contribution in [3.63, 3.8) is 0 Å². The van der Waals surface area contributed by atoms with Gasteiger partial charge in [-0.05, 0) is 68.6 Å². The van der Waals surface area contributed by atoms with Crippen LogP contribution in [0.15, 0.2) is 66.9 Å². The summed E-state index contributed by atoms with van der Waals surface area (Å²) in [7, 11) is 2.18. The molecule has 0 radical (unpaired) electrons. The van der Waals surface area contributed by atoms with Gasteiger partial charge in [0.15, 0.2) is 5.11 Å². The van der Waals surface area contributed by atoms with E-state index in [0.29, 0.717) is 21.1 Å². The Morgan fingerprint density at radius 3 is 2.44 bits per heavy atom. The molecule has 202 valence electrons. The predicted molar refractivity (Wildman–Crippen MR) is 168 cm³/mol. The quantitative estimate of drug-likeness (QED) is 0.162. The average Bonchev–Trinajstić information content (AvgIpc) is 2.92. The number of hydrogen-bond donors (Lipinski definition) is 3. The van der Waals surface area contributed by atoms with E-state index in [1.165, 1.54) is 0 Å². The normalized spacial score (nSPS) is 14.3. The molecular weight excluding hydrogens is 549 g/mol. The summed E-state index contributed by atoms with van der Waals surface area (Å²) in [5.41, 5.74) is 3.94. The molecule has 0 atom stereocenters. The van der Waals surface area contributed by atoms with Gasteiger partial charge in [-0.1, -0.05) is 47.5 Å². The number of aromatic nitrogens is 2. The molecular formula is C29H31Cl2N7S. The van der Waals surface area contributed by atoms with Gasteiger partial charge in [-0.2, -0.15) is 0 Å². The summed E-state index contributed by atoms with van der Waals surface area (Å²) in [6.45, 7) is 6.37. The first-order valence-corrected chi connectivity index (χ1v) is 14.2. The maximum absolute atomic E-state index is 6.61. The summed E-state index contributed by atoms with van der Waals surface area (Å²) in [6.07, 6.45) is 2.85. The van der Waals surface area contributed by atoms with Crippen LogP contribution in [0, 0.1) is 0 Å². The van der Waals surface area contributed by atoms with Gasteiger partial charge in [0.2, 0.25) is 5.95 Å². The van der Waals surface area contributed by atoms with E-state index in [-0.39, 0.29) is 0 Å². The van der Waals surface area contributed by atoms with Gasteiger partial charge in [-0.15, -0.1) is 0 Å². The van der Waals surface area contributed by atoms with Crippen molar-refractivity contribution in [1.82, 2.24) is 19.8 Å². The number of nitrogens with one attached hydrogen (secondary N) is 3. The first-order chi connectivity index (χ1) is 19.0. The minimum absolute atomic E-state index is 0.446. The highest BCUT2D eigenvalue weighted by atomic mass is 35.5. The van der Waals surface area contributed by atoms with Crippen LogP contribution in [0.25, 0.3) is 22.0 Å². The van der Waals surface area contributed by atoms with Gasteiger partial charge in [-0.25, -0.2) is 9.97 Å². The van der Waals surface area contributed by atoms with Crippen LogP contribution in [0.1, 0.15) is 6.42 Å². The molecule has 1 aliphatic heterocycles. The van der Waals surface area contributed by atoms with Crippen LogP contribution < -0.4 is 16.0 Å². The number of rotatable bonds is 8. The van der Waals surface area contributed by atoms with Gasteiger partial charge in [0.05, 0.1) is 11.2 Å². The number of nitrogens with zero attached hydrogens (tertiary/aromatic N) is 4. The molecule has 2 heterocycles. The molecule has 0 saturated carbocycles. The van der Waals surface area contributed by atoms with Crippen molar-refractivity contribution in [3.8, 4) is 11.1 Å². The molecule has 5 rings (SSSR count). The van der Waals surface area contributed by atoms with Gasteiger partial charge in [0.1, 0.15) is 0 Å². The lowest BCUT2D eigenvalue weighted by atomic mass is 10.0. The lowest BCUT2D eigenvalue weighted by Crippen LogP contribution is -2.44. The first-order valence-electron chi connectivity index (χ1n) is 13.0. The number of hydrogen-bond acceptors (Lipinski definition) is 6. The van der Waals surface area contributed by atoms with Crippen LogP contribution in [0.2, 0.25) is 10.0 Å². The maximum Gasteiger partial charge on any atom is 0.223 e. The number of thiocarbonyl (C=S) groups is 1. The SMILES string of the molecule is CN1CCN(CCCNc2ncc3cc(-c4c(Cl)cccc4Cl)c(NC(=S)Nc4ccccc4)cc3n2)CC1. The third-order valence-corrected chi connectivity index (χ3v) is 7.60. The number of fused-ring (bicyclic) bond motifs is 1. The van der Waals surface area contributed by atoms with Crippen LogP contribution in [0.5, 0.6) is 0 Å². The van der Waals surface area contributed by atoms with Crippen LogP contribution in [0.3, 0.4) is 0 Å². The summed E-state index contributed by atoms with van der Waals surface area (Å²) in [5.74, 6) is 0.598. The zero-order valence-electron chi connectivity index (χ0n) is 21.8. The van der Waals surface area contributed by atoms with Crippen molar-refractivity contribution < 1.29 is 0 Å². The number of anilines is 3. The molecule has 3 aromatic carbocycles. The van der Waals surface area contributed by atoms with E-state index in [9.17, 15) is 0 Å². The molecule has 0 aliphatic carbocycles. The van der Waals surface area contributed by atoms with Crippen molar-refractivity contribution >= 4 is 68.8 Å². The summed E-state index contributed by atoms with van der Waals surface area (Å²) in [4.78, 5) is 14.2. The van der Waals surface area contributed by atoms with E-state index in [1.54, 1.807) is 0 Å². The molecule has 1 saturated heterocycles. The minimum Gasteiger partial charge on any atom is -0.354 e. The van der Waals surface area contributed by atoms with Crippen molar-refractivity contribution in [2.45, 2.75) is 6.42 Å². The highest BCUT2D eigenvalue weighted by Gasteiger charge is 2.17. The average molecular weight is 581 g/mol. The van der Waals surface area contributed by atoms with Crippen molar-refractivity contribution in [2.75, 3.05) is 62.3 Å². The van der Waals surface area contributed by atoms with Gasteiger partial charge in [-0.3, -0.25) is 0 Å². The molecule has 0 spiro atoms. The molecule has 3 N–H and O–H groups in total. The standard InChI is InChI=1S/C29H31Cl2N7S/c1-37-13-15-38(16-14-37)12-6-11-32-28-33-19-20-17-22(27-23(30)9-5-10-24(27)31)26(18-25(20)35-28)36-29(39)34-21-7-3-2-4-8-21/h2-5,7-10,17-19H,6,11-16H2,1H3,(H,32,33,35)(H2,34,36,39). The van der Waals surface area contributed by atoms with Gasteiger partial charge < -0.3 is 25.8 Å². The minimum atomic E-state index is 0.446. The molecule has 4 aromatic rings. The predicted octanol–water partition coefficient (Wildman–Crippen LogP) is 6.46. The summed E-state index contributed by atoms with van der Waals surface area (Å²) in [6, 6.07) is 19.2. The highest BCUT2D eigenvalue weighted by molar-refractivity contribution is 7.80. The Hall–Kier alpha value is -3.01. The van der Waals surface area contributed by atoms with E-state index in [0.717, 1.165) is 79.1 Å². The topological polar surface area (TPSA) is 68.3 Å². The fraction of sp³-hybridized carbons (Fsp3) is 0.276. The van der Waals surface area contributed by atoms with Crippen molar-refractivity contribution in [3.05, 3.63) is 76.9 Å². The molecule has 39 heavy (non-hydrogen) atoms. The Labute approximate surface area is 244 Å². The second-order valence-electron chi connectivity index (χ2n) is 9.62. The summed E-state index contributed by atoms with van der Waals surface area (Å²) in [5, 5.41) is 12.3. The zero-order valence-corrected chi connectivity index (χ0v) is 24.1. The second kappa shape index (κ2) is 12.9. The van der Waals surface area contributed by atoms with E-state index in [2.05, 4.69) is 37.8 Å². The van der Waals surface area contributed by atoms with E-state index >= 15 is 0 Å². The molecule has 0 amide bonds. The highest BCUT2D eigenvalue weighted by Crippen LogP contribution is 2.40. The Balaban J connectivity index is 1.36. The Morgan fingerprint density at radius 2 is 1.69 bits per heavy atom. The molecule has 10 heteroatoms. The fourth-order valence-electron chi connectivity index (χ4n) is 4.61. The molecule has 0 unspecified atom stereocenters. The number of para-hydroxylation sites is 1. The Kier molecular flexibility index (Phi) is 9.11. The maximum atomic E-state index is 6.61. The van der Waals surface area contributed by atoms with E-state index in [1.807, 2.05) is 66.9 Å². The number of piperazine rings is 1. The Bertz CT molecular complexity index is 1420. The van der Waals surface area contributed by atoms with Gasteiger partial charge in [0.25, 0.3) is 0 Å². The first kappa shape index (κ1) is 27.6. The Morgan fingerprint density at radius 1 is 0.949 bits per heavy atom. The largest absolute Gasteiger partial charge is 0.354 e. The molecule has 1 aromatic heterocycles. The lowest BCUT2D eigenvalue weighted by Gasteiger charge is -2.32. The molecule has 1 fully saturated rings. The smallest absolute Gasteiger partial charge is 0.223 e. The lowest BCUT2D eigenvalue weighted by molar-refractivity contribution is 0.154. The summed E-state index contributed by atoms with van der Waals surface area (Å²) >= 11 is 18.8. The number of halogens is 2. The monoisotopic (exact) mass is 579 g/mol. The van der Waals surface area contributed by atoms with Crippen LogP contribution in [0.4, 0.5) is 17.3 Å². The van der Waals surface area contributed by atoms with Crippen molar-refractivity contribution in [1.29, 1.82) is 0 Å². The molecule has 7 nitrogen and oxygen atoms in total. The zero-order chi connectivity index (χ0) is 27.2. The second-order valence-corrected chi connectivity index (χ2v) is 10.8. The number of benzene rings is 3.